The van der Waals surface area contributed by atoms with Gasteiger partial charge in [-0.3, -0.25) is 0 Å². The van der Waals surface area contributed by atoms with E-state index in [-0.39, 0.29) is 31.7 Å². The summed E-state index contributed by atoms with van der Waals surface area (Å²) in [6.07, 6.45) is -3.80. The van der Waals surface area contributed by atoms with Gasteiger partial charge in [0, 0.05) is 25.0 Å². The highest BCUT2D eigenvalue weighted by Crippen LogP contribution is 2.33. The summed E-state index contributed by atoms with van der Waals surface area (Å²) in [6.45, 7) is -0.223. The highest BCUT2D eigenvalue weighted by atomic mass is 32.2. The van der Waals surface area contributed by atoms with E-state index < -0.39 is 17.8 Å². The van der Waals surface area contributed by atoms with E-state index in [4.69, 9.17) is 5.26 Å². The lowest BCUT2D eigenvalue weighted by Gasteiger charge is -2.34. The number of piperidine rings is 1. The Balaban J connectivity index is 1.81. The SMILES string of the molecule is N#Cc1ccc(SCC2(F)CCN(OC(=O)C(F)(F)F)CC2)nc1. The molecule has 0 aliphatic carbocycles. The van der Waals surface area contributed by atoms with Gasteiger partial charge >= 0.3 is 12.1 Å². The maximum Gasteiger partial charge on any atom is 0.492 e. The monoisotopic (exact) mass is 363 g/mol. The van der Waals surface area contributed by atoms with E-state index in [1.807, 2.05) is 6.07 Å². The molecule has 1 aromatic heterocycles. The van der Waals surface area contributed by atoms with E-state index in [0.29, 0.717) is 10.6 Å². The number of nitrogens with zero attached hydrogens (tertiary/aromatic N) is 3. The summed E-state index contributed by atoms with van der Waals surface area (Å²) in [5.74, 6) is -2.22. The summed E-state index contributed by atoms with van der Waals surface area (Å²) < 4.78 is 51.0. The standard InChI is InChI=1S/C14H13F4N3O2S/c15-13(9-24-11-2-1-10(7-19)8-20-11)3-5-21(6-4-13)23-12(22)14(16,17)18/h1-2,8H,3-6,9H2. The average molecular weight is 363 g/mol. The van der Waals surface area contributed by atoms with Crippen molar-refractivity contribution in [1.29, 1.82) is 5.26 Å². The van der Waals surface area contributed by atoms with Crippen LogP contribution in [0.1, 0.15) is 18.4 Å². The molecule has 0 aromatic carbocycles. The second-order valence-corrected chi connectivity index (χ2v) is 6.24. The Labute approximate surface area is 139 Å². The van der Waals surface area contributed by atoms with Crippen LogP contribution in [0.5, 0.6) is 0 Å². The molecule has 1 saturated heterocycles. The first kappa shape index (κ1) is 18.5. The highest BCUT2D eigenvalue weighted by molar-refractivity contribution is 7.99. The summed E-state index contributed by atoms with van der Waals surface area (Å²) in [7, 11) is 0. The van der Waals surface area contributed by atoms with Gasteiger partial charge in [0.25, 0.3) is 0 Å². The molecule has 1 aliphatic rings. The number of hydrogen-bond acceptors (Lipinski definition) is 6. The lowest BCUT2D eigenvalue weighted by molar-refractivity contribution is -0.244. The Bertz CT molecular complexity index is 622. The molecule has 2 rings (SSSR count). The predicted molar refractivity (Wildman–Crippen MR) is 76.5 cm³/mol. The Kier molecular flexibility index (Phi) is 5.66. The van der Waals surface area contributed by atoms with Crippen molar-refractivity contribution in [3.05, 3.63) is 23.9 Å². The van der Waals surface area contributed by atoms with Crippen LogP contribution in [0.4, 0.5) is 17.6 Å². The molecule has 0 N–H and O–H groups in total. The topological polar surface area (TPSA) is 66.2 Å². The van der Waals surface area contributed by atoms with Crippen LogP contribution in [0.2, 0.25) is 0 Å². The van der Waals surface area contributed by atoms with Gasteiger partial charge in [0.1, 0.15) is 11.7 Å². The van der Waals surface area contributed by atoms with E-state index in [0.717, 1.165) is 16.8 Å². The molecular formula is C14H13F4N3O2S. The van der Waals surface area contributed by atoms with Crippen molar-refractivity contribution in [3.63, 3.8) is 0 Å². The minimum atomic E-state index is -5.07. The van der Waals surface area contributed by atoms with Gasteiger partial charge in [-0.05, 0) is 25.0 Å². The molecule has 0 bridgehead atoms. The second-order valence-electron chi connectivity index (χ2n) is 5.24. The summed E-state index contributed by atoms with van der Waals surface area (Å²) in [5, 5.41) is 10.1. The first-order valence-electron chi connectivity index (χ1n) is 6.94. The third kappa shape index (κ3) is 5.07. The van der Waals surface area contributed by atoms with E-state index in [1.54, 1.807) is 12.1 Å². The van der Waals surface area contributed by atoms with Crippen LogP contribution in [0.15, 0.2) is 23.4 Å². The third-order valence-electron chi connectivity index (χ3n) is 3.41. The van der Waals surface area contributed by atoms with Crippen LogP contribution >= 0.6 is 11.8 Å². The molecule has 1 aromatic rings. The van der Waals surface area contributed by atoms with E-state index in [9.17, 15) is 22.4 Å². The zero-order valence-corrected chi connectivity index (χ0v) is 13.2. The maximum absolute atomic E-state index is 14.7. The Hall–Kier alpha value is -1.86. The van der Waals surface area contributed by atoms with Gasteiger partial charge < -0.3 is 4.84 Å². The number of nitriles is 1. The average Bonchev–Trinajstić information content (AvgIpc) is 2.55. The molecule has 0 unspecified atom stereocenters. The lowest BCUT2D eigenvalue weighted by atomic mass is 9.97. The van der Waals surface area contributed by atoms with Gasteiger partial charge in [0.15, 0.2) is 0 Å². The van der Waals surface area contributed by atoms with Crippen LogP contribution < -0.4 is 0 Å². The molecular weight excluding hydrogens is 350 g/mol. The number of hydroxylamine groups is 2. The van der Waals surface area contributed by atoms with Crippen LogP contribution in [0.3, 0.4) is 0 Å². The fourth-order valence-electron chi connectivity index (χ4n) is 2.03. The first-order chi connectivity index (χ1) is 11.2. The molecule has 130 valence electrons. The number of alkyl halides is 4. The van der Waals surface area contributed by atoms with Gasteiger partial charge in [-0.15, -0.1) is 16.8 Å². The summed E-state index contributed by atoms with van der Waals surface area (Å²) in [6, 6.07) is 5.10. The first-order valence-corrected chi connectivity index (χ1v) is 7.92. The molecule has 0 radical (unpaired) electrons. The van der Waals surface area contributed by atoms with Crippen molar-refractivity contribution in [2.75, 3.05) is 18.8 Å². The minimum Gasteiger partial charge on any atom is -0.361 e. The second kappa shape index (κ2) is 7.36. The van der Waals surface area contributed by atoms with Crippen molar-refractivity contribution in [2.45, 2.75) is 29.7 Å². The number of thioether (sulfide) groups is 1. The van der Waals surface area contributed by atoms with Gasteiger partial charge in [0.2, 0.25) is 0 Å². The molecule has 5 nitrogen and oxygen atoms in total. The van der Waals surface area contributed by atoms with Crippen molar-refractivity contribution in [2.24, 2.45) is 0 Å². The molecule has 24 heavy (non-hydrogen) atoms. The summed E-state index contributed by atoms with van der Waals surface area (Å²) in [4.78, 5) is 18.9. The number of aromatic nitrogens is 1. The van der Waals surface area contributed by atoms with Gasteiger partial charge in [0.05, 0.1) is 10.6 Å². The van der Waals surface area contributed by atoms with Gasteiger partial charge in [-0.1, -0.05) is 0 Å². The lowest BCUT2D eigenvalue weighted by Crippen LogP contribution is -2.45. The molecule has 2 heterocycles. The van der Waals surface area contributed by atoms with Gasteiger partial charge in [-0.2, -0.15) is 18.4 Å². The van der Waals surface area contributed by atoms with Crippen LogP contribution in [-0.2, 0) is 9.63 Å². The predicted octanol–water partition coefficient (Wildman–Crippen LogP) is 2.87. The summed E-state index contributed by atoms with van der Waals surface area (Å²) >= 11 is 1.16. The smallest absolute Gasteiger partial charge is 0.361 e. The number of carbonyl (C=O) groups excluding carboxylic acids is 1. The zero-order chi connectivity index (χ0) is 17.8. The molecule has 0 amide bonds. The number of halogens is 4. The molecule has 0 spiro atoms. The minimum absolute atomic E-state index is 0.0542. The number of pyridine rings is 1. The Morgan fingerprint density at radius 1 is 1.42 bits per heavy atom. The highest BCUT2D eigenvalue weighted by Gasteiger charge is 2.44. The molecule has 1 fully saturated rings. The fourth-order valence-corrected chi connectivity index (χ4v) is 3.01. The third-order valence-corrected chi connectivity index (χ3v) is 4.61. The molecule has 10 heteroatoms. The van der Waals surface area contributed by atoms with Crippen LogP contribution in [-0.4, -0.2) is 46.7 Å². The van der Waals surface area contributed by atoms with E-state index >= 15 is 0 Å². The number of rotatable bonds is 4. The maximum atomic E-state index is 14.7. The normalized spacial score (nSPS) is 18.0. The van der Waals surface area contributed by atoms with Gasteiger partial charge in [-0.25, -0.2) is 14.2 Å². The fraction of sp³-hybridized carbons (Fsp3) is 0.500. The van der Waals surface area contributed by atoms with E-state index in [1.165, 1.54) is 6.20 Å². The zero-order valence-electron chi connectivity index (χ0n) is 12.3. The van der Waals surface area contributed by atoms with Crippen molar-refractivity contribution < 1.29 is 27.2 Å². The van der Waals surface area contributed by atoms with Crippen molar-refractivity contribution in [3.8, 4) is 6.07 Å². The molecule has 0 saturated carbocycles. The molecule has 1 aliphatic heterocycles. The summed E-state index contributed by atoms with van der Waals surface area (Å²) in [5.41, 5.74) is -1.18. The number of carbonyl (C=O) groups is 1. The quantitative estimate of drug-likeness (QED) is 0.605. The van der Waals surface area contributed by atoms with Crippen molar-refractivity contribution >= 4 is 17.7 Å². The van der Waals surface area contributed by atoms with Crippen molar-refractivity contribution in [1.82, 2.24) is 10.0 Å². The largest absolute Gasteiger partial charge is 0.492 e. The Morgan fingerprint density at radius 2 is 2.08 bits per heavy atom. The van der Waals surface area contributed by atoms with E-state index in [2.05, 4.69) is 9.82 Å². The Morgan fingerprint density at radius 3 is 2.58 bits per heavy atom. The van der Waals surface area contributed by atoms with Crippen LogP contribution in [0.25, 0.3) is 0 Å². The molecule has 0 atom stereocenters. The number of hydrogen-bond donors (Lipinski definition) is 0. The van der Waals surface area contributed by atoms with Crippen LogP contribution in [0, 0.1) is 11.3 Å².